The van der Waals surface area contributed by atoms with Crippen LogP contribution in [0.1, 0.15) is 67.5 Å². The number of hydrogen-bond acceptors (Lipinski definition) is 5. The Morgan fingerprint density at radius 1 is 1.00 bits per heavy atom. The maximum absolute atomic E-state index is 12.9. The molecule has 0 spiro atoms. The summed E-state index contributed by atoms with van der Waals surface area (Å²) in [6.45, 7) is 7.55. The Morgan fingerprint density at radius 3 is 2.42 bits per heavy atom. The third-order valence-corrected chi connectivity index (χ3v) is 5.41. The minimum absolute atomic E-state index is 0.274. The molecule has 1 aromatic carbocycles. The van der Waals surface area contributed by atoms with Gasteiger partial charge in [0.1, 0.15) is 11.5 Å². The minimum atomic E-state index is -0.334. The van der Waals surface area contributed by atoms with Crippen LogP contribution in [0.4, 0.5) is 5.69 Å². The summed E-state index contributed by atoms with van der Waals surface area (Å²) in [5, 5.41) is 7.27. The maximum atomic E-state index is 12.9. The zero-order valence-corrected chi connectivity index (χ0v) is 18.1. The van der Waals surface area contributed by atoms with Crippen LogP contribution in [0.25, 0.3) is 0 Å². The lowest BCUT2D eigenvalue weighted by Gasteiger charge is -2.13. The summed E-state index contributed by atoms with van der Waals surface area (Å²) in [6.07, 6.45) is 3.71. The lowest BCUT2D eigenvalue weighted by atomic mass is 9.93. The van der Waals surface area contributed by atoms with Crippen LogP contribution in [-0.2, 0) is 6.42 Å². The summed E-state index contributed by atoms with van der Waals surface area (Å²) in [6, 6.07) is 7.50. The second-order valence-corrected chi connectivity index (χ2v) is 7.93. The van der Waals surface area contributed by atoms with Gasteiger partial charge in [0, 0.05) is 23.2 Å². The van der Waals surface area contributed by atoms with Crippen LogP contribution in [0, 0.1) is 27.7 Å². The summed E-state index contributed by atoms with van der Waals surface area (Å²) in [4.78, 5) is 25.3. The fourth-order valence-corrected chi connectivity index (χ4v) is 4.03. The van der Waals surface area contributed by atoms with Gasteiger partial charge in [-0.25, -0.2) is 5.43 Å². The van der Waals surface area contributed by atoms with E-state index < -0.39 is 0 Å². The van der Waals surface area contributed by atoms with E-state index >= 15 is 0 Å². The fourth-order valence-electron chi connectivity index (χ4n) is 4.03. The first-order valence-corrected chi connectivity index (χ1v) is 10.3. The third kappa shape index (κ3) is 4.17. The highest BCUT2D eigenvalue weighted by atomic mass is 16.4. The lowest BCUT2D eigenvalue weighted by Crippen LogP contribution is -2.22. The number of amides is 2. The summed E-state index contributed by atoms with van der Waals surface area (Å²) in [7, 11) is 0. The standard InChI is InChI=1S/C24H25N3O4/c1-13-10-14(2)12-17(11-13)25-24(29)22-15(3)21-19(6-5-7-20(21)31-22)26-27-23(28)18-8-9-30-16(18)4/h8-12H,5-7H2,1-4H3,(H,25,29)(H,27,28)/b26-19+. The first-order valence-electron chi connectivity index (χ1n) is 10.3. The molecular formula is C24H25N3O4. The summed E-state index contributed by atoms with van der Waals surface area (Å²) >= 11 is 0. The molecule has 2 aromatic heterocycles. The van der Waals surface area contributed by atoms with Crippen LogP contribution in [0.5, 0.6) is 0 Å². The highest BCUT2D eigenvalue weighted by Gasteiger charge is 2.28. The van der Waals surface area contributed by atoms with Crippen molar-refractivity contribution in [3.8, 4) is 0 Å². The maximum Gasteiger partial charge on any atom is 0.291 e. The van der Waals surface area contributed by atoms with Crippen molar-refractivity contribution in [3.63, 3.8) is 0 Å². The van der Waals surface area contributed by atoms with E-state index in [-0.39, 0.29) is 17.6 Å². The van der Waals surface area contributed by atoms with Crippen molar-refractivity contribution in [2.24, 2.45) is 5.10 Å². The number of hydrazone groups is 1. The van der Waals surface area contributed by atoms with Gasteiger partial charge in [-0.15, -0.1) is 0 Å². The number of carbonyl (C=O) groups excluding carboxylic acids is 2. The molecule has 7 nitrogen and oxygen atoms in total. The smallest absolute Gasteiger partial charge is 0.291 e. The number of furan rings is 2. The first kappa shape index (κ1) is 20.7. The van der Waals surface area contributed by atoms with Crippen LogP contribution in [0.15, 0.2) is 44.5 Å². The monoisotopic (exact) mass is 419 g/mol. The Labute approximate surface area is 180 Å². The molecule has 2 amide bonds. The largest absolute Gasteiger partial charge is 0.469 e. The Bertz CT molecular complexity index is 1180. The average molecular weight is 419 g/mol. The van der Waals surface area contributed by atoms with E-state index in [4.69, 9.17) is 8.83 Å². The number of aryl methyl sites for hydroxylation is 4. The molecule has 0 fully saturated rings. The predicted octanol–water partition coefficient (Wildman–Crippen LogP) is 4.83. The van der Waals surface area contributed by atoms with Gasteiger partial charge in [0.05, 0.1) is 17.5 Å². The van der Waals surface area contributed by atoms with Crippen molar-refractivity contribution in [3.05, 3.63) is 75.6 Å². The Hall–Kier alpha value is -3.61. The number of rotatable bonds is 4. The molecule has 0 aliphatic heterocycles. The molecule has 2 N–H and O–H groups in total. The molecule has 7 heteroatoms. The lowest BCUT2D eigenvalue weighted by molar-refractivity contribution is 0.0952. The van der Waals surface area contributed by atoms with E-state index in [1.54, 1.807) is 13.0 Å². The number of nitrogens with zero attached hydrogens (tertiary/aromatic N) is 1. The molecule has 2 heterocycles. The van der Waals surface area contributed by atoms with Crippen molar-refractivity contribution < 1.29 is 18.4 Å². The van der Waals surface area contributed by atoms with Gasteiger partial charge in [0.15, 0.2) is 5.76 Å². The SMILES string of the molecule is Cc1cc(C)cc(NC(=O)c2oc3c(c2C)/C(=N/NC(=O)c2ccoc2C)CCC3)c1. The van der Waals surface area contributed by atoms with Crippen molar-refractivity contribution in [1.82, 2.24) is 5.43 Å². The number of carbonyl (C=O) groups is 2. The van der Waals surface area contributed by atoms with Gasteiger partial charge in [-0.3, -0.25) is 9.59 Å². The second kappa shape index (κ2) is 8.26. The van der Waals surface area contributed by atoms with Gasteiger partial charge in [-0.1, -0.05) is 6.07 Å². The fraction of sp³-hybridized carbons (Fsp3) is 0.292. The van der Waals surface area contributed by atoms with E-state index in [0.29, 0.717) is 23.5 Å². The number of benzene rings is 1. The quantitative estimate of drug-likeness (QED) is 0.592. The van der Waals surface area contributed by atoms with Crippen molar-refractivity contribution >= 4 is 23.2 Å². The molecule has 1 aliphatic rings. The van der Waals surface area contributed by atoms with E-state index in [2.05, 4.69) is 21.9 Å². The molecule has 4 rings (SSSR count). The summed E-state index contributed by atoms with van der Waals surface area (Å²) < 4.78 is 11.1. The van der Waals surface area contributed by atoms with E-state index in [1.165, 1.54) is 6.26 Å². The van der Waals surface area contributed by atoms with Crippen LogP contribution in [0.2, 0.25) is 0 Å². The zero-order chi connectivity index (χ0) is 22.1. The van der Waals surface area contributed by atoms with E-state index in [0.717, 1.165) is 46.5 Å². The van der Waals surface area contributed by atoms with Crippen molar-refractivity contribution in [2.75, 3.05) is 5.32 Å². The van der Waals surface area contributed by atoms with Gasteiger partial charge in [-0.05, 0) is 69.9 Å². The Balaban J connectivity index is 1.58. The summed E-state index contributed by atoms with van der Waals surface area (Å²) in [5.74, 6) is 0.901. The minimum Gasteiger partial charge on any atom is -0.469 e. The first-order chi connectivity index (χ1) is 14.8. The van der Waals surface area contributed by atoms with Crippen LogP contribution < -0.4 is 10.7 Å². The number of hydrogen-bond donors (Lipinski definition) is 2. The van der Waals surface area contributed by atoms with Crippen LogP contribution in [-0.4, -0.2) is 17.5 Å². The molecule has 1 aliphatic carbocycles. The topological polar surface area (TPSA) is 96.8 Å². The molecule has 0 atom stereocenters. The number of fused-ring (bicyclic) bond motifs is 1. The average Bonchev–Trinajstić information content (AvgIpc) is 3.29. The van der Waals surface area contributed by atoms with Gasteiger partial charge in [0.2, 0.25) is 0 Å². The highest BCUT2D eigenvalue weighted by molar-refractivity contribution is 6.09. The molecule has 0 saturated carbocycles. The van der Waals surface area contributed by atoms with Crippen molar-refractivity contribution in [2.45, 2.75) is 47.0 Å². The normalized spacial score (nSPS) is 14.4. The number of anilines is 1. The molecule has 31 heavy (non-hydrogen) atoms. The van der Waals surface area contributed by atoms with Crippen molar-refractivity contribution in [1.29, 1.82) is 0 Å². The Kier molecular flexibility index (Phi) is 5.50. The van der Waals surface area contributed by atoms with Crippen LogP contribution in [0.3, 0.4) is 0 Å². The number of nitrogens with one attached hydrogen (secondary N) is 2. The third-order valence-electron chi connectivity index (χ3n) is 5.41. The van der Waals surface area contributed by atoms with Gasteiger partial charge in [-0.2, -0.15) is 5.10 Å². The van der Waals surface area contributed by atoms with Gasteiger partial charge in [0.25, 0.3) is 11.8 Å². The zero-order valence-electron chi connectivity index (χ0n) is 18.1. The molecule has 0 bridgehead atoms. The summed E-state index contributed by atoms with van der Waals surface area (Å²) in [5.41, 5.74) is 8.16. The van der Waals surface area contributed by atoms with Crippen LogP contribution >= 0.6 is 0 Å². The van der Waals surface area contributed by atoms with E-state index in [1.807, 2.05) is 32.9 Å². The van der Waals surface area contributed by atoms with E-state index in [9.17, 15) is 9.59 Å². The van der Waals surface area contributed by atoms with Gasteiger partial charge < -0.3 is 14.2 Å². The molecule has 160 valence electrons. The molecule has 0 saturated heterocycles. The Morgan fingerprint density at radius 2 is 1.74 bits per heavy atom. The highest BCUT2D eigenvalue weighted by Crippen LogP contribution is 2.30. The molecule has 0 unspecified atom stereocenters. The molecular weight excluding hydrogens is 394 g/mol. The second-order valence-electron chi connectivity index (χ2n) is 7.93. The van der Waals surface area contributed by atoms with Gasteiger partial charge >= 0.3 is 0 Å². The molecule has 0 radical (unpaired) electrons. The molecule has 3 aromatic rings. The predicted molar refractivity (Wildman–Crippen MR) is 118 cm³/mol.